The number of benzene rings is 2. The van der Waals surface area contributed by atoms with Crippen LogP contribution in [0.4, 0.5) is 11.4 Å². The molecule has 1 aliphatic rings. The maximum atomic E-state index is 12.3. The van der Waals surface area contributed by atoms with Gasteiger partial charge in [0.05, 0.1) is 11.4 Å². The molecule has 0 atom stereocenters. The number of carbonyl (C=O) groups is 1. The maximum absolute atomic E-state index is 12.3. The van der Waals surface area contributed by atoms with Crippen LogP contribution in [0.2, 0.25) is 0 Å². The van der Waals surface area contributed by atoms with E-state index in [4.69, 9.17) is 0 Å². The molecule has 2 aromatic rings. The molecule has 0 saturated carbocycles. The molecule has 26 heavy (non-hydrogen) atoms. The van der Waals surface area contributed by atoms with Crippen molar-refractivity contribution < 1.29 is 13.2 Å². The van der Waals surface area contributed by atoms with Gasteiger partial charge in [0, 0.05) is 29.3 Å². The summed E-state index contributed by atoms with van der Waals surface area (Å²) in [7, 11) is -3.23. The summed E-state index contributed by atoms with van der Waals surface area (Å²) in [6.07, 6.45) is 1.03. The molecule has 1 saturated heterocycles. The molecule has 7 heteroatoms. The topological polar surface area (TPSA) is 66.5 Å². The molecule has 3 rings (SSSR count). The van der Waals surface area contributed by atoms with Gasteiger partial charge in [-0.15, -0.1) is 11.8 Å². The summed E-state index contributed by atoms with van der Waals surface area (Å²) in [5.41, 5.74) is 2.19. The number of carbonyl (C=O) groups excluding carboxylic acids is 1. The van der Waals surface area contributed by atoms with Crippen molar-refractivity contribution in [2.24, 2.45) is 0 Å². The third-order valence-corrected chi connectivity index (χ3v) is 7.11. The zero-order valence-corrected chi connectivity index (χ0v) is 16.3. The molecule has 0 unspecified atom stereocenters. The van der Waals surface area contributed by atoms with E-state index in [-0.39, 0.29) is 11.7 Å². The van der Waals surface area contributed by atoms with Gasteiger partial charge < -0.3 is 5.32 Å². The van der Waals surface area contributed by atoms with Crippen molar-refractivity contribution in [1.82, 2.24) is 0 Å². The Kier molecular flexibility index (Phi) is 5.88. The molecule has 1 aliphatic heterocycles. The van der Waals surface area contributed by atoms with E-state index in [0.29, 0.717) is 36.5 Å². The van der Waals surface area contributed by atoms with Crippen molar-refractivity contribution in [3.8, 4) is 0 Å². The van der Waals surface area contributed by atoms with E-state index in [1.165, 1.54) is 4.31 Å². The average Bonchev–Trinajstić information content (AvgIpc) is 2.97. The highest BCUT2D eigenvalue weighted by Crippen LogP contribution is 2.28. The molecular weight excluding hydrogens is 368 g/mol. The van der Waals surface area contributed by atoms with Crippen LogP contribution in [-0.2, 0) is 14.8 Å². The van der Waals surface area contributed by atoms with Crippen molar-refractivity contribution in [2.45, 2.75) is 24.7 Å². The van der Waals surface area contributed by atoms with Crippen molar-refractivity contribution in [1.29, 1.82) is 0 Å². The molecule has 5 nitrogen and oxygen atoms in total. The summed E-state index contributed by atoms with van der Waals surface area (Å²) >= 11 is 1.64. The van der Waals surface area contributed by atoms with E-state index in [1.807, 2.05) is 43.3 Å². The quantitative estimate of drug-likeness (QED) is 0.765. The highest BCUT2D eigenvalue weighted by Gasteiger charge is 2.28. The SMILES string of the molecule is Cc1ccc(N2CCCS2(=O)=O)cc1NC(=O)CCSc1ccccc1. The Morgan fingerprint density at radius 3 is 2.65 bits per heavy atom. The predicted octanol–water partition coefficient (Wildman–Crippen LogP) is 3.66. The van der Waals surface area contributed by atoms with E-state index in [9.17, 15) is 13.2 Å². The minimum atomic E-state index is -3.23. The number of hydrogen-bond donors (Lipinski definition) is 1. The second-order valence-corrected chi connectivity index (χ2v) is 9.38. The monoisotopic (exact) mass is 390 g/mol. The fourth-order valence-electron chi connectivity index (χ4n) is 2.82. The van der Waals surface area contributed by atoms with Gasteiger partial charge in [0.25, 0.3) is 0 Å². The van der Waals surface area contributed by atoms with Crippen LogP contribution in [0.25, 0.3) is 0 Å². The number of hydrogen-bond acceptors (Lipinski definition) is 4. The van der Waals surface area contributed by atoms with E-state index in [1.54, 1.807) is 23.9 Å². The van der Waals surface area contributed by atoms with Gasteiger partial charge in [-0.05, 0) is 43.2 Å². The molecule has 1 amide bonds. The highest BCUT2D eigenvalue weighted by atomic mass is 32.2. The van der Waals surface area contributed by atoms with Crippen LogP contribution in [0.3, 0.4) is 0 Å². The number of amides is 1. The summed E-state index contributed by atoms with van der Waals surface area (Å²) in [6.45, 7) is 2.39. The van der Waals surface area contributed by atoms with Crippen LogP contribution in [0.5, 0.6) is 0 Å². The molecule has 0 spiro atoms. The molecule has 0 aliphatic carbocycles. The normalized spacial score (nSPS) is 15.8. The van der Waals surface area contributed by atoms with Crippen LogP contribution in [0.15, 0.2) is 53.4 Å². The van der Waals surface area contributed by atoms with Gasteiger partial charge in [-0.2, -0.15) is 0 Å². The van der Waals surface area contributed by atoms with Crippen LogP contribution < -0.4 is 9.62 Å². The van der Waals surface area contributed by atoms with Crippen LogP contribution in [-0.4, -0.2) is 32.4 Å². The number of rotatable bonds is 6. The predicted molar refractivity (Wildman–Crippen MR) is 107 cm³/mol. The van der Waals surface area contributed by atoms with E-state index in [2.05, 4.69) is 5.32 Å². The molecule has 0 bridgehead atoms. The third-order valence-electron chi connectivity index (χ3n) is 4.22. The van der Waals surface area contributed by atoms with Gasteiger partial charge in [0.2, 0.25) is 15.9 Å². The smallest absolute Gasteiger partial charge is 0.235 e. The Bertz CT molecular complexity index is 883. The Morgan fingerprint density at radius 1 is 1.19 bits per heavy atom. The van der Waals surface area contributed by atoms with Gasteiger partial charge in [-0.25, -0.2) is 8.42 Å². The number of anilines is 2. The van der Waals surface area contributed by atoms with Crippen molar-refractivity contribution in [2.75, 3.05) is 27.7 Å². The first-order valence-corrected chi connectivity index (χ1v) is 11.1. The Morgan fingerprint density at radius 2 is 1.96 bits per heavy atom. The molecular formula is C19H22N2O3S2. The summed E-state index contributed by atoms with van der Waals surface area (Å²) < 4.78 is 25.6. The van der Waals surface area contributed by atoms with Crippen molar-refractivity contribution >= 4 is 39.1 Å². The number of nitrogens with zero attached hydrogens (tertiary/aromatic N) is 1. The minimum absolute atomic E-state index is 0.0713. The van der Waals surface area contributed by atoms with Crippen LogP contribution in [0.1, 0.15) is 18.4 Å². The first-order chi connectivity index (χ1) is 12.5. The third kappa shape index (κ3) is 4.59. The molecule has 1 fully saturated rings. The molecule has 0 radical (unpaired) electrons. The highest BCUT2D eigenvalue weighted by molar-refractivity contribution is 7.99. The number of thioether (sulfide) groups is 1. The van der Waals surface area contributed by atoms with Crippen LogP contribution in [0, 0.1) is 6.92 Å². The molecule has 2 aromatic carbocycles. The van der Waals surface area contributed by atoms with Crippen molar-refractivity contribution in [3.63, 3.8) is 0 Å². The maximum Gasteiger partial charge on any atom is 0.235 e. The molecule has 138 valence electrons. The van der Waals surface area contributed by atoms with Gasteiger partial charge in [0.1, 0.15) is 0 Å². The fraction of sp³-hybridized carbons (Fsp3) is 0.316. The second kappa shape index (κ2) is 8.14. The van der Waals surface area contributed by atoms with E-state index in [0.717, 1.165) is 10.5 Å². The summed E-state index contributed by atoms with van der Waals surface area (Å²) in [5, 5.41) is 2.91. The molecule has 1 heterocycles. The lowest BCUT2D eigenvalue weighted by Gasteiger charge is -2.19. The zero-order chi connectivity index (χ0) is 18.6. The van der Waals surface area contributed by atoms with Gasteiger partial charge in [-0.1, -0.05) is 24.3 Å². The second-order valence-electron chi connectivity index (χ2n) is 6.20. The number of aryl methyl sites for hydroxylation is 1. The van der Waals surface area contributed by atoms with E-state index < -0.39 is 10.0 Å². The van der Waals surface area contributed by atoms with Gasteiger partial charge in [0.15, 0.2) is 0 Å². The van der Waals surface area contributed by atoms with E-state index >= 15 is 0 Å². The summed E-state index contributed by atoms with van der Waals surface area (Å²) in [4.78, 5) is 13.4. The number of sulfonamides is 1. The minimum Gasteiger partial charge on any atom is -0.326 e. The lowest BCUT2D eigenvalue weighted by molar-refractivity contribution is -0.115. The lowest BCUT2D eigenvalue weighted by Crippen LogP contribution is -2.25. The van der Waals surface area contributed by atoms with Gasteiger partial charge in [-0.3, -0.25) is 9.10 Å². The summed E-state index contributed by atoms with van der Waals surface area (Å²) in [5.74, 6) is 0.798. The summed E-state index contributed by atoms with van der Waals surface area (Å²) in [6, 6.07) is 15.3. The Balaban J connectivity index is 1.62. The Labute approximate surface area is 158 Å². The van der Waals surface area contributed by atoms with Crippen molar-refractivity contribution in [3.05, 3.63) is 54.1 Å². The van der Waals surface area contributed by atoms with Crippen LogP contribution >= 0.6 is 11.8 Å². The first kappa shape index (κ1) is 18.8. The largest absolute Gasteiger partial charge is 0.326 e. The standard InChI is InChI=1S/C19H22N2O3S2/c1-15-8-9-16(21-11-5-13-26(21,23)24)14-18(15)20-19(22)10-12-25-17-6-3-2-4-7-17/h2-4,6-9,14H,5,10-13H2,1H3,(H,20,22). The first-order valence-electron chi connectivity index (χ1n) is 8.54. The number of nitrogens with one attached hydrogen (secondary N) is 1. The molecule has 0 aromatic heterocycles. The molecule has 1 N–H and O–H groups in total. The zero-order valence-electron chi connectivity index (χ0n) is 14.6. The Hall–Kier alpha value is -1.99. The fourth-order valence-corrected chi connectivity index (χ4v) is 5.25. The lowest BCUT2D eigenvalue weighted by atomic mass is 10.1. The average molecular weight is 391 g/mol. The van der Waals surface area contributed by atoms with Gasteiger partial charge >= 0.3 is 0 Å².